The number of likely N-dealkylation sites (tertiary alicyclic amines) is 1. The number of hydrogen-bond acceptors (Lipinski definition) is 5. The second-order valence-electron chi connectivity index (χ2n) is 7.02. The van der Waals surface area contributed by atoms with E-state index in [9.17, 15) is 4.79 Å². The van der Waals surface area contributed by atoms with E-state index >= 15 is 0 Å². The molecule has 3 aliphatic heterocycles. The highest BCUT2D eigenvalue weighted by atomic mass is 32.1. The molecule has 0 radical (unpaired) electrons. The average molecular weight is 371 g/mol. The molecule has 1 aromatic carbocycles. The first-order valence-corrected chi connectivity index (χ1v) is 10.0. The summed E-state index contributed by atoms with van der Waals surface area (Å²) in [7, 11) is 0. The lowest BCUT2D eigenvalue weighted by Crippen LogP contribution is -2.47. The maximum Gasteiger partial charge on any atom is 0.253 e. The molecule has 0 N–H and O–H groups in total. The van der Waals surface area contributed by atoms with Gasteiger partial charge in [-0.1, -0.05) is 0 Å². The molecule has 5 rings (SSSR count). The average Bonchev–Trinajstić information content (AvgIpc) is 3.18. The summed E-state index contributed by atoms with van der Waals surface area (Å²) in [4.78, 5) is 16.2. The van der Waals surface area contributed by atoms with Gasteiger partial charge in [0.05, 0.1) is 6.61 Å². The Bertz CT molecular complexity index is 838. The van der Waals surface area contributed by atoms with E-state index in [2.05, 4.69) is 11.4 Å². The first kappa shape index (κ1) is 16.1. The zero-order valence-corrected chi connectivity index (χ0v) is 15.3. The first-order chi connectivity index (χ1) is 12.8. The Labute approximate surface area is 156 Å². The van der Waals surface area contributed by atoms with Crippen molar-refractivity contribution in [1.82, 2.24) is 4.90 Å². The zero-order chi connectivity index (χ0) is 17.6. The highest BCUT2D eigenvalue weighted by Gasteiger charge is 2.42. The summed E-state index contributed by atoms with van der Waals surface area (Å²) in [5, 5.41) is 2.16. The van der Waals surface area contributed by atoms with Gasteiger partial charge in [0.15, 0.2) is 11.5 Å². The van der Waals surface area contributed by atoms with Crippen LogP contribution in [0.3, 0.4) is 0 Å². The molecule has 3 aliphatic rings. The molecule has 5 nitrogen and oxygen atoms in total. The van der Waals surface area contributed by atoms with Crippen molar-refractivity contribution in [3.8, 4) is 11.5 Å². The van der Waals surface area contributed by atoms with Crippen LogP contribution in [0.5, 0.6) is 11.5 Å². The van der Waals surface area contributed by atoms with E-state index in [1.165, 1.54) is 10.4 Å². The fraction of sp³-hybridized carbons (Fsp3) is 0.450. The van der Waals surface area contributed by atoms with E-state index < -0.39 is 0 Å². The van der Waals surface area contributed by atoms with Gasteiger partial charge in [0.1, 0.15) is 18.8 Å². The summed E-state index contributed by atoms with van der Waals surface area (Å²) in [5.74, 6) is 1.43. The number of carbonyl (C=O) groups is 1. The molecule has 2 aromatic rings. The third-order valence-corrected chi connectivity index (χ3v) is 6.70. The summed E-state index contributed by atoms with van der Waals surface area (Å²) >= 11 is 1.79. The first-order valence-electron chi connectivity index (χ1n) is 9.15. The van der Waals surface area contributed by atoms with E-state index in [0.29, 0.717) is 43.4 Å². The minimum absolute atomic E-state index is 0.0547. The number of piperidine rings is 1. The Morgan fingerprint density at radius 2 is 1.85 bits per heavy atom. The molecule has 1 amide bonds. The highest BCUT2D eigenvalue weighted by Crippen LogP contribution is 2.44. The summed E-state index contributed by atoms with van der Waals surface area (Å²) in [6.45, 7) is 3.28. The lowest BCUT2D eigenvalue weighted by Gasteiger charge is -2.43. The van der Waals surface area contributed by atoms with Crippen LogP contribution in [-0.2, 0) is 16.8 Å². The summed E-state index contributed by atoms with van der Waals surface area (Å²) < 4.78 is 17.4. The van der Waals surface area contributed by atoms with Gasteiger partial charge in [0, 0.05) is 23.5 Å². The Morgan fingerprint density at radius 3 is 2.69 bits per heavy atom. The third kappa shape index (κ3) is 2.59. The summed E-state index contributed by atoms with van der Waals surface area (Å²) in [5.41, 5.74) is 1.89. The van der Waals surface area contributed by atoms with Crippen LogP contribution < -0.4 is 9.47 Å². The minimum Gasteiger partial charge on any atom is -0.486 e. The molecule has 1 aromatic heterocycles. The van der Waals surface area contributed by atoms with Gasteiger partial charge >= 0.3 is 0 Å². The Morgan fingerprint density at radius 1 is 1.04 bits per heavy atom. The maximum absolute atomic E-state index is 12.9. The van der Waals surface area contributed by atoms with Crippen molar-refractivity contribution in [1.29, 1.82) is 0 Å². The largest absolute Gasteiger partial charge is 0.486 e. The Hall–Kier alpha value is -2.05. The molecule has 1 spiro atoms. The van der Waals surface area contributed by atoms with Gasteiger partial charge in [-0.25, -0.2) is 0 Å². The van der Waals surface area contributed by atoms with Crippen LogP contribution in [0.4, 0.5) is 0 Å². The van der Waals surface area contributed by atoms with E-state index in [-0.39, 0.29) is 11.5 Å². The highest BCUT2D eigenvalue weighted by molar-refractivity contribution is 7.10. The van der Waals surface area contributed by atoms with Crippen molar-refractivity contribution in [2.75, 3.05) is 32.9 Å². The van der Waals surface area contributed by atoms with Gasteiger partial charge in [0.2, 0.25) is 0 Å². The van der Waals surface area contributed by atoms with Crippen LogP contribution in [0, 0.1) is 0 Å². The van der Waals surface area contributed by atoms with Gasteiger partial charge < -0.3 is 19.1 Å². The monoisotopic (exact) mass is 371 g/mol. The third-order valence-electron chi connectivity index (χ3n) is 5.56. The zero-order valence-electron chi connectivity index (χ0n) is 14.5. The summed E-state index contributed by atoms with van der Waals surface area (Å²) in [6.07, 6.45) is 2.72. The lowest BCUT2D eigenvalue weighted by atomic mass is 9.85. The van der Waals surface area contributed by atoms with E-state index in [1.807, 2.05) is 17.0 Å². The number of amides is 1. The van der Waals surface area contributed by atoms with Crippen LogP contribution in [0.25, 0.3) is 0 Å². The molecule has 0 aliphatic carbocycles. The number of benzene rings is 1. The molecular weight excluding hydrogens is 350 g/mol. The van der Waals surface area contributed by atoms with Gasteiger partial charge in [-0.15, -0.1) is 11.3 Å². The fourth-order valence-electron chi connectivity index (χ4n) is 4.16. The number of fused-ring (bicyclic) bond motifs is 3. The van der Waals surface area contributed by atoms with E-state index in [1.54, 1.807) is 17.4 Å². The Kier molecular flexibility index (Phi) is 3.90. The van der Waals surface area contributed by atoms with Crippen molar-refractivity contribution in [2.45, 2.75) is 24.9 Å². The van der Waals surface area contributed by atoms with Gasteiger partial charge in [-0.2, -0.15) is 0 Å². The summed E-state index contributed by atoms with van der Waals surface area (Å²) in [6, 6.07) is 7.68. The molecule has 1 saturated heterocycles. The molecular formula is C20H21NO4S. The number of rotatable bonds is 1. The van der Waals surface area contributed by atoms with Crippen LogP contribution in [0.1, 0.15) is 33.6 Å². The predicted octanol–water partition coefficient (Wildman–Crippen LogP) is 3.22. The standard InChI is InChI=1S/C20H21NO4S/c22-19(15-1-2-16-17(13-15)24-11-10-23-16)21-7-5-20(6-8-21)18-14(3-9-25-20)4-12-26-18/h1-2,4,12-13H,3,5-11H2. The predicted molar refractivity (Wildman–Crippen MR) is 98.2 cm³/mol. The SMILES string of the molecule is O=C(c1ccc2c(c1)OCCO2)N1CCC2(CC1)OCCc1ccsc12. The smallest absolute Gasteiger partial charge is 0.253 e. The molecule has 6 heteroatoms. The molecule has 0 bridgehead atoms. The number of thiophene rings is 1. The molecule has 26 heavy (non-hydrogen) atoms. The van der Waals surface area contributed by atoms with E-state index in [4.69, 9.17) is 14.2 Å². The maximum atomic E-state index is 12.9. The second kappa shape index (κ2) is 6.28. The van der Waals surface area contributed by atoms with Gasteiger partial charge in [-0.3, -0.25) is 4.79 Å². The molecule has 1 fully saturated rings. The topological polar surface area (TPSA) is 48.0 Å². The van der Waals surface area contributed by atoms with Crippen molar-refractivity contribution >= 4 is 17.2 Å². The number of carbonyl (C=O) groups excluding carboxylic acids is 1. The van der Waals surface area contributed by atoms with Crippen molar-refractivity contribution in [3.05, 3.63) is 45.6 Å². The van der Waals surface area contributed by atoms with Crippen molar-refractivity contribution < 1.29 is 19.0 Å². The molecule has 0 atom stereocenters. The lowest BCUT2D eigenvalue weighted by molar-refractivity contribution is -0.0906. The number of ether oxygens (including phenoxy) is 3. The second-order valence-corrected chi connectivity index (χ2v) is 7.93. The van der Waals surface area contributed by atoms with Crippen molar-refractivity contribution in [3.63, 3.8) is 0 Å². The number of hydrogen-bond donors (Lipinski definition) is 0. The minimum atomic E-state index is -0.189. The van der Waals surface area contributed by atoms with E-state index in [0.717, 1.165) is 25.9 Å². The van der Waals surface area contributed by atoms with Crippen LogP contribution in [0.2, 0.25) is 0 Å². The van der Waals surface area contributed by atoms with Crippen LogP contribution in [0.15, 0.2) is 29.6 Å². The van der Waals surface area contributed by atoms with Crippen LogP contribution in [-0.4, -0.2) is 43.7 Å². The molecule has 4 heterocycles. The number of nitrogens with zero attached hydrogens (tertiary/aromatic N) is 1. The quantitative estimate of drug-likeness (QED) is 0.772. The van der Waals surface area contributed by atoms with Crippen molar-refractivity contribution in [2.24, 2.45) is 0 Å². The van der Waals surface area contributed by atoms with Gasteiger partial charge in [0.25, 0.3) is 5.91 Å². The normalized spacial score (nSPS) is 20.7. The molecule has 136 valence electrons. The van der Waals surface area contributed by atoms with Crippen LogP contribution >= 0.6 is 11.3 Å². The molecule has 0 saturated carbocycles. The fourth-order valence-corrected chi connectivity index (χ4v) is 5.32. The Balaban J connectivity index is 1.32. The molecule has 0 unspecified atom stereocenters. The van der Waals surface area contributed by atoms with Gasteiger partial charge in [-0.05, 0) is 54.5 Å².